The van der Waals surface area contributed by atoms with Gasteiger partial charge in [-0.2, -0.15) is 0 Å². The van der Waals surface area contributed by atoms with Crippen molar-refractivity contribution in [2.45, 2.75) is 33.1 Å². The molecule has 0 fully saturated rings. The molecule has 19 heavy (non-hydrogen) atoms. The number of nitrogens with zero attached hydrogens (tertiary/aromatic N) is 1. The first-order valence-corrected chi connectivity index (χ1v) is 6.43. The molecule has 0 aromatic heterocycles. The Balaban J connectivity index is 2.59. The van der Waals surface area contributed by atoms with Crippen LogP contribution < -0.4 is 11.1 Å². The topological polar surface area (TPSA) is 87.7 Å². The summed E-state index contributed by atoms with van der Waals surface area (Å²) >= 11 is 0. The lowest BCUT2D eigenvalue weighted by atomic mass is 10.1. The molecule has 1 atom stereocenters. The van der Waals surface area contributed by atoms with Gasteiger partial charge in [0.05, 0.1) is 0 Å². The van der Waals surface area contributed by atoms with Crippen LogP contribution in [0.15, 0.2) is 29.4 Å². The Morgan fingerprint density at radius 2 is 2.05 bits per heavy atom. The second kappa shape index (κ2) is 7.41. The number of hydrogen-bond acceptors (Lipinski definition) is 3. The SMILES string of the molecule is CCCC(C)C(=O)Nc1ccc(CC(N)=NO)cc1. The standard InChI is InChI=1S/C14H21N3O2/c1-3-4-10(2)14(18)16-12-7-5-11(6-8-12)9-13(15)17-19/h5-8,10,19H,3-4,9H2,1-2H3,(H2,15,17)(H,16,18). The van der Waals surface area contributed by atoms with E-state index in [2.05, 4.69) is 17.4 Å². The first-order valence-electron chi connectivity index (χ1n) is 6.43. The number of amides is 1. The quantitative estimate of drug-likeness (QED) is 0.318. The first kappa shape index (κ1) is 15.0. The average molecular weight is 263 g/mol. The largest absolute Gasteiger partial charge is 0.409 e. The van der Waals surface area contributed by atoms with Crippen LogP contribution in [0.5, 0.6) is 0 Å². The summed E-state index contributed by atoms with van der Waals surface area (Å²) in [7, 11) is 0. The minimum absolute atomic E-state index is 0.0156. The summed E-state index contributed by atoms with van der Waals surface area (Å²) in [6, 6.07) is 7.32. The van der Waals surface area contributed by atoms with Crippen molar-refractivity contribution in [1.29, 1.82) is 0 Å². The van der Waals surface area contributed by atoms with E-state index < -0.39 is 0 Å². The third kappa shape index (κ3) is 4.99. The molecule has 0 saturated heterocycles. The molecule has 0 radical (unpaired) electrons. The maximum Gasteiger partial charge on any atom is 0.227 e. The fourth-order valence-electron chi connectivity index (χ4n) is 1.78. The first-order chi connectivity index (χ1) is 9.06. The molecule has 104 valence electrons. The van der Waals surface area contributed by atoms with Crippen molar-refractivity contribution in [3.05, 3.63) is 29.8 Å². The number of carbonyl (C=O) groups excluding carboxylic acids is 1. The monoisotopic (exact) mass is 263 g/mol. The van der Waals surface area contributed by atoms with Crippen molar-refractivity contribution in [3.63, 3.8) is 0 Å². The summed E-state index contributed by atoms with van der Waals surface area (Å²) in [6.07, 6.45) is 2.26. The second-order valence-corrected chi connectivity index (χ2v) is 4.64. The summed E-state index contributed by atoms with van der Waals surface area (Å²) in [5.41, 5.74) is 7.11. The average Bonchev–Trinajstić information content (AvgIpc) is 2.41. The lowest BCUT2D eigenvalue weighted by Crippen LogP contribution is -2.20. The number of nitrogens with two attached hydrogens (primary N) is 1. The summed E-state index contributed by atoms with van der Waals surface area (Å²) in [5, 5.41) is 14.3. The van der Waals surface area contributed by atoms with Crippen molar-refractivity contribution in [3.8, 4) is 0 Å². The predicted molar refractivity (Wildman–Crippen MR) is 76.3 cm³/mol. The van der Waals surface area contributed by atoms with Crippen LogP contribution >= 0.6 is 0 Å². The highest BCUT2D eigenvalue weighted by molar-refractivity contribution is 5.92. The summed E-state index contributed by atoms with van der Waals surface area (Å²) in [6.45, 7) is 3.98. The molecule has 5 nitrogen and oxygen atoms in total. The highest BCUT2D eigenvalue weighted by atomic mass is 16.4. The summed E-state index contributed by atoms with van der Waals surface area (Å²) in [5.74, 6) is 0.209. The third-order valence-corrected chi connectivity index (χ3v) is 2.90. The van der Waals surface area contributed by atoms with Gasteiger partial charge in [0, 0.05) is 18.0 Å². The molecule has 0 bridgehead atoms. The lowest BCUT2D eigenvalue weighted by Gasteiger charge is -2.11. The molecule has 0 aliphatic carbocycles. The smallest absolute Gasteiger partial charge is 0.227 e. The second-order valence-electron chi connectivity index (χ2n) is 4.64. The van der Waals surface area contributed by atoms with E-state index in [0.29, 0.717) is 6.42 Å². The Bertz CT molecular complexity index is 441. The number of carbonyl (C=O) groups is 1. The van der Waals surface area contributed by atoms with Gasteiger partial charge in [0.1, 0.15) is 5.84 Å². The molecule has 0 aliphatic rings. The van der Waals surface area contributed by atoms with Crippen molar-refractivity contribution in [2.24, 2.45) is 16.8 Å². The van der Waals surface area contributed by atoms with Crippen LogP contribution in [0.25, 0.3) is 0 Å². The van der Waals surface area contributed by atoms with Gasteiger partial charge in [-0.05, 0) is 24.1 Å². The summed E-state index contributed by atoms with van der Waals surface area (Å²) < 4.78 is 0. The zero-order chi connectivity index (χ0) is 14.3. The van der Waals surface area contributed by atoms with Crippen LogP contribution in [0.3, 0.4) is 0 Å². The van der Waals surface area contributed by atoms with Gasteiger partial charge in [-0.25, -0.2) is 0 Å². The minimum atomic E-state index is 0.0156. The molecule has 4 N–H and O–H groups in total. The molecule has 0 aliphatic heterocycles. The normalized spacial score (nSPS) is 13.1. The van der Waals surface area contributed by atoms with Crippen molar-refractivity contribution in [1.82, 2.24) is 0 Å². The van der Waals surface area contributed by atoms with E-state index >= 15 is 0 Å². The van der Waals surface area contributed by atoms with Crippen molar-refractivity contribution < 1.29 is 10.0 Å². The number of amidine groups is 1. The van der Waals surface area contributed by atoms with Gasteiger partial charge in [0.25, 0.3) is 0 Å². The fraction of sp³-hybridized carbons (Fsp3) is 0.429. The van der Waals surface area contributed by atoms with Crippen molar-refractivity contribution >= 4 is 17.4 Å². The molecule has 1 unspecified atom stereocenters. The van der Waals surface area contributed by atoms with E-state index in [1.807, 2.05) is 31.2 Å². The molecule has 0 saturated carbocycles. The number of oxime groups is 1. The van der Waals surface area contributed by atoms with Crippen LogP contribution in [-0.2, 0) is 11.2 Å². The number of nitrogens with one attached hydrogen (secondary N) is 1. The third-order valence-electron chi connectivity index (χ3n) is 2.90. The van der Waals surface area contributed by atoms with E-state index in [1.54, 1.807) is 0 Å². The molecule has 5 heteroatoms. The zero-order valence-electron chi connectivity index (χ0n) is 11.4. The molecular formula is C14H21N3O2. The number of anilines is 1. The molecule has 1 aromatic carbocycles. The van der Waals surface area contributed by atoms with Crippen LogP contribution in [0.4, 0.5) is 5.69 Å². The maximum absolute atomic E-state index is 11.8. The lowest BCUT2D eigenvalue weighted by molar-refractivity contribution is -0.119. The zero-order valence-corrected chi connectivity index (χ0v) is 11.4. The maximum atomic E-state index is 11.8. The van der Waals surface area contributed by atoms with Gasteiger partial charge in [0.2, 0.25) is 5.91 Å². The summed E-state index contributed by atoms with van der Waals surface area (Å²) in [4.78, 5) is 11.8. The number of rotatable bonds is 6. The van der Waals surface area contributed by atoms with E-state index in [9.17, 15) is 4.79 Å². The highest BCUT2D eigenvalue weighted by Crippen LogP contribution is 2.13. The Morgan fingerprint density at radius 3 is 2.58 bits per heavy atom. The molecule has 1 aromatic rings. The molecule has 0 heterocycles. The van der Waals surface area contributed by atoms with E-state index in [4.69, 9.17) is 10.9 Å². The van der Waals surface area contributed by atoms with E-state index in [0.717, 1.165) is 24.1 Å². The van der Waals surface area contributed by atoms with Crippen molar-refractivity contribution in [2.75, 3.05) is 5.32 Å². The van der Waals surface area contributed by atoms with Crippen LogP contribution in [0, 0.1) is 5.92 Å². The Hall–Kier alpha value is -2.04. The molecule has 1 amide bonds. The minimum Gasteiger partial charge on any atom is -0.409 e. The molecule has 1 rings (SSSR count). The van der Waals surface area contributed by atoms with Crippen LogP contribution in [0.1, 0.15) is 32.3 Å². The Kier molecular flexibility index (Phi) is 5.85. The fourth-order valence-corrected chi connectivity index (χ4v) is 1.78. The van der Waals surface area contributed by atoms with E-state index in [-0.39, 0.29) is 17.7 Å². The molecule has 0 spiro atoms. The highest BCUT2D eigenvalue weighted by Gasteiger charge is 2.11. The predicted octanol–water partition coefficient (Wildman–Crippen LogP) is 2.35. The van der Waals surface area contributed by atoms with Crippen LogP contribution in [-0.4, -0.2) is 17.0 Å². The van der Waals surface area contributed by atoms with E-state index in [1.165, 1.54) is 0 Å². The van der Waals surface area contributed by atoms with Gasteiger partial charge in [-0.3, -0.25) is 4.79 Å². The van der Waals surface area contributed by atoms with Gasteiger partial charge in [0.15, 0.2) is 0 Å². The Labute approximate surface area is 113 Å². The Morgan fingerprint density at radius 1 is 1.42 bits per heavy atom. The number of hydrogen-bond donors (Lipinski definition) is 3. The van der Waals surface area contributed by atoms with Gasteiger partial charge < -0.3 is 16.3 Å². The number of benzene rings is 1. The van der Waals surface area contributed by atoms with Crippen LogP contribution in [0.2, 0.25) is 0 Å². The molecular weight excluding hydrogens is 242 g/mol. The van der Waals surface area contributed by atoms with Gasteiger partial charge in [-0.15, -0.1) is 0 Å². The van der Waals surface area contributed by atoms with Gasteiger partial charge in [-0.1, -0.05) is 37.6 Å². The van der Waals surface area contributed by atoms with Gasteiger partial charge >= 0.3 is 0 Å².